The highest BCUT2D eigenvalue weighted by atomic mass is 19.1. The molecule has 5 aliphatic rings. The van der Waals surface area contributed by atoms with E-state index in [0.717, 1.165) is 12.0 Å². The molecular weight excluding hydrogens is 1020 g/mol. The van der Waals surface area contributed by atoms with Gasteiger partial charge in [0.2, 0.25) is 5.43 Å². The van der Waals surface area contributed by atoms with Crippen LogP contribution in [0.3, 0.4) is 0 Å². The van der Waals surface area contributed by atoms with E-state index in [-0.39, 0.29) is 60.4 Å². The van der Waals surface area contributed by atoms with Crippen molar-refractivity contribution in [1.29, 1.82) is 0 Å². The molecule has 78 heavy (non-hydrogen) atoms. The van der Waals surface area contributed by atoms with Gasteiger partial charge in [-0.2, -0.15) is 0 Å². The summed E-state index contributed by atoms with van der Waals surface area (Å²) < 4.78 is 54.3. The molecule has 1 aromatic carbocycles. The number of nitrogens with zero attached hydrogens (tertiary/aromatic N) is 4. The minimum absolute atomic E-state index is 0.0326. The summed E-state index contributed by atoms with van der Waals surface area (Å²) >= 11 is 0. The molecule has 0 amide bonds. The number of benzene rings is 1. The van der Waals surface area contributed by atoms with Crippen LogP contribution in [0, 0.1) is 23.6 Å². The van der Waals surface area contributed by atoms with Gasteiger partial charge in [0.1, 0.15) is 41.4 Å². The summed E-state index contributed by atoms with van der Waals surface area (Å²) in [4.78, 5) is 44.0. The lowest BCUT2D eigenvalue weighted by atomic mass is 9.77. The molecule has 7 N–H and O–H groups in total. The number of hydrogen-bond donors (Lipinski definition) is 7. The zero-order valence-corrected chi connectivity index (χ0v) is 48.7. The number of aromatic nitrogens is 1. The molecule has 19 atom stereocenters. The molecule has 1 aromatic heterocycles. The Kier molecular flexibility index (Phi) is 20.7. The van der Waals surface area contributed by atoms with Crippen LogP contribution in [0.1, 0.15) is 143 Å². The SMILES string of the molecule is CC1CCc2c(N3CCC(O)CC3)c(F)cc3c(=O)c(C(=O)O)cn1c23.CC[C@H]1OC(=O)[C@H](C)[C@@H](O[C@H]2C[C@@](C)(OC)[C@@H](O)[C@H](C)O2)[C@H](C)[C@@H](O[C@@H]2O[C@H](C)C[C@H](N(C)C)[C@H]2O)[C@](C)(O)C[C@@H](C)CN(C)[C@H](C)[C@@H](O)[C@]1(C)O. The first kappa shape index (κ1) is 63.8. The van der Waals surface area contributed by atoms with Crippen molar-refractivity contribution in [1.82, 2.24) is 14.4 Å². The fourth-order valence-corrected chi connectivity index (χ4v) is 13.0. The Morgan fingerprint density at radius 1 is 0.923 bits per heavy atom. The van der Waals surface area contributed by atoms with Gasteiger partial charge in [0.25, 0.3) is 0 Å². The maximum Gasteiger partial charge on any atom is 0.341 e. The summed E-state index contributed by atoms with van der Waals surface area (Å²) in [6, 6.07) is 0.408. The molecule has 2 aromatic rings. The molecule has 4 fully saturated rings. The lowest BCUT2D eigenvalue weighted by molar-refractivity contribution is -0.318. The van der Waals surface area contributed by atoms with Gasteiger partial charge in [0, 0.05) is 74.4 Å². The first-order valence-electron chi connectivity index (χ1n) is 28.1. The Bertz CT molecular complexity index is 2430. The van der Waals surface area contributed by atoms with E-state index in [2.05, 4.69) is 0 Å². The fraction of sp³-hybridized carbons (Fsp3) is 0.807. The molecule has 0 spiro atoms. The van der Waals surface area contributed by atoms with Crippen molar-refractivity contribution in [2.75, 3.05) is 52.8 Å². The number of aryl methyl sites for hydroxylation is 1. The van der Waals surface area contributed by atoms with Crippen LogP contribution >= 0.6 is 0 Å². The molecule has 0 radical (unpaired) electrons. The second-order valence-corrected chi connectivity index (χ2v) is 24.4. The van der Waals surface area contributed by atoms with Gasteiger partial charge in [0.05, 0.1) is 58.8 Å². The number of pyridine rings is 1. The normalized spacial score (nSPS) is 39.9. The highest BCUT2D eigenvalue weighted by Crippen LogP contribution is 2.42. The number of carboxylic acid groups (broad SMARTS) is 1. The third-order valence-corrected chi connectivity index (χ3v) is 17.8. The average Bonchev–Trinajstić information content (AvgIpc) is 3.38. The van der Waals surface area contributed by atoms with Crippen molar-refractivity contribution in [3.05, 3.63) is 39.4 Å². The molecule has 0 saturated carbocycles. The number of likely N-dealkylation sites (N-methyl/N-ethyl adjacent to an activating group) is 2. The maximum atomic E-state index is 15.0. The standard InChI is InChI=1S/C38H72N2O12.C19H21FN2O4/c1-15-27-38(10,46)31(42)24(6)40(13)19-20(2)17-36(8,45)33(52-35-29(41)26(39(11)12)16-21(3)48-35)22(4)30(23(5)34(44)50-27)51-28-18-37(9,47-14)32(43)25(7)49-28;1-10-2-3-12-16-13(18(24)14(19(25)26)9-22(10)16)8-15(20)17(12)21-6-4-11(23)5-7-21/h20-33,35,41-43,45-46H,15-19H2,1-14H3;8-11,23H,2-7H2,1H3,(H,25,26)/t20-,21-,22+,23-,24-,25+,26+,27-,28+,29-,30+,31-,32+,33-,35+,36-,37-,38-;/m1./s1. The van der Waals surface area contributed by atoms with Gasteiger partial charge in [-0.1, -0.05) is 20.8 Å². The van der Waals surface area contributed by atoms with Crippen LogP contribution in [0.4, 0.5) is 10.1 Å². The van der Waals surface area contributed by atoms with E-state index in [0.29, 0.717) is 56.5 Å². The third kappa shape index (κ3) is 13.4. The average molecular weight is 1110 g/mol. The molecule has 0 bridgehead atoms. The number of aromatic carboxylic acids is 1. The topological polar surface area (TPSA) is 263 Å². The number of esters is 1. The molecule has 20 nitrogen and oxygen atoms in total. The Labute approximate surface area is 459 Å². The number of methoxy groups -OCH3 is 1. The lowest BCUT2D eigenvalue weighted by Crippen LogP contribution is -2.60. The van der Waals surface area contributed by atoms with Gasteiger partial charge in [-0.25, -0.2) is 9.18 Å². The summed E-state index contributed by atoms with van der Waals surface area (Å²) in [5, 5.41) is 77.3. The van der Waals surface area contributed by atoms with Gasteiger partial charge in [0.15, 0.2) is 12.6 Å². The van der Waals surface area contributed by atoms with E-state index < -0.39 is 113 Å². The number of rotatable bonds is 9. The van der Waals surface area contributed by atoms with Crippen molar-refractivity contribution in [2.24, 2.45) is 17.8 Å². The van der Waals surface area contributed by atoms with E-state index in [9.17, 15) is 50.1 Å². The van der Waals surface area contributed by atoms with Gasteiger partial charge in [-0.15, -0.1) is 0 Å². The van der Waals surface area contributed by atoms with E-state index >= 15 is 4.39 Å². The van der Waals surface area contributed by atoms with Crippen molar-refractivity contribution < 1.29 is 78.1 Å². The Morgan fingerprint density at radius 2 is 1.56 bits per heavy atom. The predicted molar refractivity (Wildman–Crippen MR) is 290 cm³/mol. The van der Waals surface area contributed by atoms with Crippen LogP contribution in [0.15, 0.2) is 17.1 Å². The fourth-order valence-electron chi connectivity index (χ4n) is 13.0. The molecule has 7 rings (SSSR count). The molecule has 4 saturated heterocycles. The van der Waals surface area contributed by atoms with Gasteiger partial charge >= 0.3 is 11.9 Å². The minimum Gasteiger partial charge on any atom is -0.477 e. The summed E-state index contributed by atoms with van der Waals surface area (Å²) in [5.41, 5.74) is -3.44. The second-order valence-electron chi connectivity index (χ2n) is 24.4. The van der Waals surface area contributed by atoms with Crippen LogP contribution < -0.4 is 10.3 Å². The van der Waals surface area contributed by atoms with E-state index in [1.54, 1.807) is 46.1 Å². The Hall–Kier alpha value is -3.42. The lowest BCUT2D eigenvalue weighted by Gasteiger charge is -2.48. The summed E-state index contributed by atoms with van der Waals surface area (Å²) in [6.45, 7) is 21.1. The number of aliphatic hydroxyl groups excluding tert-OH is 4. The number of carbonyl (C=O) groups excluding carboxylic acids is 1. The largest absolute Gasteiger partial charge is 0.477 e. The third-order valence-electron chi connectivity index (χ3n) is 17.8. The molecule has 21 heteroatoms. The monoisotopic (exact) mass is 1110 g/mol. The Balaban J connectivity index is 0.000000312. The number of carbonyl (C=O) groups is 2. The van der Waals surface area contributed by atoms with Crippen LogP contribution in [-0.4, -0.2) is 206 Å². The number of cyclic esters (lactones) is 1. The highest BCUT2D eigenvalue weighted by Gasteiger charge is 2.53. The summed E-state index contributed by atoms with van der Waals surface area (Å²) in [7, 11) is 7.12. The second kappa shape index (κ2) is 25.4. The predicted octanol–water partition coefficient (Wildman–Crippen LogP) is 4.21. The molecule has 6 heterocycles. The minimum atomic E-state index is -1.80. The van der Waals surface area contributed by atoms with E-state index in [4.69, 9.17) is 28.4 Å². The first-order chi connectivity index (χ1) is 36.3. The molecular formula is C57H93FN4O16. The molecule has 444 valence electrons. The van der Waals surface area contributed by atoms with Crippen LogP contribution in [0.5, 0.6) is 0 Å². The first-order valence-corrected chi connectivity index (χ1v) is 28.1. The number of ether oxygens (including phenoxy) is 6. The quantitative estimate of drug-likeness (QED) is 0.174. The number of carboxylic acids is 1. The molecule has 0 aliphatic carbocycles. The van der Waals surface area contributed by atoms with Gasteiger partial charge in [-0.3, -0.25) is 9.59 Å². The number of hydrogen-bond acceptors (Lipinski definition) is 18. The number of aliphatic hydroxyl groups is 6. The smallest absolute Gasteiger partial charge is 0.341 e. The van der Waals surface area contributed by atoms with Crippen LogP contribution in [0.2, 0.25) is 0 Å². The van der Waals surface area contributed by atoms with Crippen molar-refractivity contribution >= 4 is 28.5 Å². The number of anilines is 1. The summed E-state index contributed by atoms with van der Waals surface area (Å²) in [6.07, 6.45) is -4.61. The number of halogens is 1. The number of piperidine rings is 1. The van der Waals surface area contributed by atoms with Crippen molar-refractivity contribution in [2.45, 2.75) is 230 Å². The van der Waals surface area contributed by atoms with Crippen LogP contribution in [-0.2, 0) is 39.6 Å². The van der Waals surface area contributed by atoms with Crippen molar-refractivity contribution in [3.8, 4) is 0 Å². The zero-order valence-electron chi connectivity index (χ0n) is 48.7. The molecule has 5 aliphatic heterocycles. The van der Waals surface area contributed by atoms with Gasteiger partial charge < -0.3 is 83.4 Å². The Morgan fingerprint density at radius 3 is 2.15 bits per heavy atom. The van der Waals surface area contributed by atoms with Crippen molar-refractivity contribution in [3.63, 3.8) is 0 Å². The summed E-state index contributed by atoms with van der Waals surface area (Å²) in [5.74, 6) is -4.38. The zero-order chi connectivity index (χ0) is 58.3. The maximum absolute atomic E-state index is 15.0. The molecule has 1 unspecified atom stereocenters. The van der Waals surface area contributed by atoms with E-state index in [1.807, 2.05) is 63.5 Å². The van der Waals surface area contributed by atoms with Gasteiger partial charge in [-0.05, 0) is 133 Å². The van der Waals surface area contributed by atoms with E-state index in [1.165, 1.54) is 26.3 Å². The highest BCUT2D eigenvalue weighted by molar-refractivity contribution is 5.95. The van der Waals surface area contributed by atoms with Crippen LogP contribution in [0.25, 0.3) is 10.9 Å².